The Morgan fingerprint density at radius 1 is 1.27 bits per heavy atom. The second-order valence-electron chi connectivity index (χ2n) is 8.45. The van der Waals surface area contributed by atoms with E-state index in [1.165, 1.54) is 7.05 Å². The van der Waals surface area contributed by atoms with Gasteiger partial charge in [0.15, 0.2) is 11.5 Å². The number of carbonyl (C=O) groups excluding carboxylic acids is 3. The Bertz CT molecular complexity index is 1100. The van der Waals surface area contributed by atoms with Crippen LogP contribution in [0.15, 0.2) is 17.4 Å². The normalized spacial score (nSPS) is 31.9. The number of ether oxygens (including phenoxy) is 1. The Balaban J connectivity index is 1.42. The summed E-state index contributed by atoms with van der Waals surface area (Å²) >= 11 is 6.02. The lowest BCUT2D eigenvalue weighted by Gasteiger charge is -2.29. The molecule has 1 aromatic heterocycles. The molecule has 2 aliphatic carbocycles. The lowest BCUT2D eigenvalue weighted by atomic mass is 9.72. The van der Waals surface area contributed by atoms with Gasteiger partial charge in [-0.1, -0.05) is 16.8 Å². The van der Waals surface area contributed by atoms with E-state index in [2.05, 4.69) is 10.1 Å². The molecule has 2 saturated carbocycles. The van der Waals surface area contributed by atoms with Crippen LogP contribution < -0.4 is 5.01 Å². The van der Waals surface area contributed by atoms with Crippen molar-refractivity contribution >= 4 is 40.9 Å². The zero-order chi connectivity index (χ0) is 23.8. The zero-order valence-corrected chi connectivity index (χ0v) is 18.1. The van der Waals surface area contributed by atoms with Crippen LogP contribution in [0.4, 0.5) is 19.0 Å². The summed E-state index contributed by atoms with van der Waals surface area (Å²) in [6.07, 6.45) is -4.03. The van der Waals surface area contributed by atoms with Crippen LogP contribution in [-0.2, 0) is 30.1 Å². The first-order valence-corrected chi connectivity index (χ1v) is 10.7. The summed E-state index contributed by atoms with van der Waals surface area (Å²) in [6.45, 7) is 1.82. The third-order valence-corrected chi connectivity index (χ3v) is 7.19. The van der Waals surface area contributed by atoms with Crippen molar-refractivity contribution in [1.82, 2.24) is 9.99 Å². The van der Waals surface area contributed by atoms with Crippen LogP contribution in [0.2, 0.25) is 5.02 Å². The van der Waals surface area contributed by atoms with Gasteiger partial charge in [0, 0.05) is 19.2 Å². The molecule has 3 heterocycles. The van der Waals surface area contributed by atoms with Crippen LogP contribution >= 0.6 is 11.6 Å². The van der Waals surface area contributed by atoms with Crippen LogP contribution in [0, 0.1) is 29.6 Å². The molecule has 0 radical (unpaired) electrons. The Hall–Kier alpha value is -2.89. The number of alkyl halides is 3. The van der Waals surface area contributed by atoms with E-state index >= 15 is 0 Å². The number of nitrogens with zero attached hydrogens (tertiary/aromatic N) is 4. The van der Waals surface area contributed by atoms with Gasteiger partial charge in [-0.05, 0) is 25.3 Å². The average Bonchev–Trinajstić information content (AvgIpc) is 3.47. The molecule has 1 aromatic rings. The monoisotopic (exact) mass is 486 g/mol. The molecule has 176 valence electrons. The SMILES string of the molecule is CCOC(=O)C1=NO[C@@H]2[C@@H]3C[C@H]([C@@H]12)[C@@H]1C(=O)N(N(C)c2ncc(C(F)(F)F)cc2Cl)C(=O)[C@@H]31. The Morgan fingerprint density at radius 3 is 2.55 bits per heavy atom. The molecule has 0 N–H and O–H groups in total. The minimum atomic E-state index is -4.64. The highest BCUT2D eigenvalue weighted by Crippen LogP contribution is 2.61. The van der Waals surface area contributed by atoms with Gasteiger partial charge in [-0.15, -0.1) is 0 Å². The first-order chi connectivity index (χ1) is 15.6. The lowest BCUT2D eigenvalue weighted by Crippen LogP contribution is -2.46. The molecule has 1 saturated heterocycles. The minimum Gasteiger partial charge on any atom is -0.461 e. The van der Waals surface area contributed by atoms with Crippen LogP contribution in [0.5, 0.6) is 0 Å². The van der Waals surface area contributed by atoms with Crippen molar-refractivity contribution in [2.24, 2.45) is 34.7 Å². The number of halogens is 4. The first kappa shape index (κ1) is 21.9. The van der Waals surface area contributed by atoms with Crippen LogP contribution in [0.3, 0.4) is 0 Å². The number of carbonyl (C=O) groups is 3. The van der Waals surface area contributed by atoms with Gasteiger partial charge in [0.05, 0.1) is 34.9 Å². The predicted molar refractivity (Wildman–Crippen MR) is 106 cm³/mol. The van der Waals surface area contributed by atoms with Crippen LogP contribution in [-0.4, -0.2) is 53.2 Å². The number of amides is 2. The smallest absolute Gasteiger partial charge is 0.417 e. The fourth-order valence-electron chi connectivity index (χ4n) is 5.70. The largest absolute Gasteiger partial charge is 0.461 e. The third kappa shape index (κ3) is 3.02. The second kappa shape index (κ2) is 7.31. The minimum absolute atomic E-state index is 0.118. The summed E-state index contributed by atoms with van der Waals surface area (Å²) in [6, 6.07) is 0.691. The molecule has 0 aromatic carbocycles. The van der Waals surface area contributed by atoms with Crippen LogP contribution in [0.25, 0.3) is 0 Å². The van der Waals surface area contributed by atoms with Gasteiger partial charge in [0.25, 0.3) is 11.8 Å². The van der Waals surface area contributed by atoms with Crippen LogP contribution in [0.1, 0.15) is 18.9 Å². The van der Waals surface area contributed by atoms with E-state index in [0.717, 1.165) is 10.0 Å². The quantitative estimate of drug-likeness (QED) is 0.475. The molecule has 2 aliphatic heterocycles. The Kier molecular flexibility index (Phi) is 4.86. The Labute approximate surface area is 190 Å². The number of rotatable bonds is 4. The summed E-state index contributed by atoms with van der Waals surface area (Å²) in [5.74, 6) is -4.32. The fraction of sp³-hybridized carbons (Fsp3) is 0.550. The summed E-state index contributed by atoms with van der Waals surface area (Å²) in [5, 5.41) is 5.46. The average molecular weight is 487 g/mol. The van der Waals surface area contributed by atoms with Gasteiger partial charge in [-0.3, -0.25) is 14.6 Å². The predicted octanol–water partition coefficient (Wildman–Crippen LogP) is 2.29. The maximum atomic E-state index is 13.3. The van der Waals surface area contributed by atoms with Crippen molar-refractivity contribution in [2.75, 3.05) is 18.7 Å². The van der Waals surface area contributed by atoms with Gasteiger partial charge < -0.3 is 9.57 Å². The van der Waals surface area contributed by atoms with E-state index < -0.39 is 53.4 Å². The number of hydrazine groups is 1. The van der Waals surface area contributed by atoms with Gasteiger partial charge in [0.2, 0.25) is 0 Å². The van der Waals surface area contributed by atoms with E-state index in [1.807, 2.05) is 0 Å². The van der Waals surface area contributed by atoms with E-state index in [9.17, 15) is 27.6 Å². The van der Waals surface area contributed by atoms with Crippen molar-refractivity contribution in [2.45, 2.75) is 25.6 Å². The van der Waals surface area contributed by atoms with Gasteiger partial charge in [-0.2, -0.15) is 18.2 Å². The topological polar surface area (TPSA) is 101 Å². The second-order valence-corrected chi connectivity index (χ2v) is 8.85. The highest BCUT2D eigenvalue weighted by atomic mass is 35.5. The highest BCUT2D eigenvalue weighted by molar-refractivity contribution is 6.38. The number of pyridine rings is 1. The molecular weight excluding hydrogens is 469 g/mol. The molecular formula is C20H18ClF3N4O5. The molecule has 13 heteroatoms. The summed E-state index contributed by atoms with van der Waals surface area (Å²) in [5.41, 5.74) is -0.929. The molecule has 3 fully saturated rings. The maximum Gasteiger partial charge on any atom is 0.417 e. The Morgan fingerprint density at radius 2 is 1.94 bits per heavy atom. The first-order valence-electron chi connectivity index (χ1n) is 10.3. The zero-order valence-electron chi connectivity index (χ0n) is 17.4. The molecule has 2 bridgehead atoms. The fourth-order valence-corrected chi connectivity index (χ4v) is 5.98. The highest BCUT2D eigenvalue weighted by Gasteiger charge is 2.71. The standard InChI is InChI=1S/C20H18ClF3N4O5/c1-3-32-19(31)14-13-8-5-9(15(13)33-26-14)12-11(8)17(29)28(18(12)30)27(2)16-10(21)4-7(6-25-16)20(22,23)24/h4,6,8-9,11-13,15H,3,5H2,1-2H3/t8-,9+,11-,12-,13-,15+/m0/s1. The van der Waals surface area contributed by atoms with Crippen molar-refractivity contribution in [3.63, 3.8) is 0 Å². The molecule has 5 rings (SSSR count). The molecule has 0 spiro atoms. The molecule has 33 heavy (non-hydrogen) atoms. The van der Waals surface area contributed by atoms with Crippen molar-refractivity contribution in [3.8, 4) is 0 Å². The number of oxime groups is 1. The molecule has 0 unspecified atom stereocenters. The summed E-state index contributed by atoms with van der Waals surface area (Å²) in [4.78, 5) is 48.1. The van der Waals surface area contributed by atoms with E-state index in [-0.39, 0.29) is 35.0 Å². The maximum absolute atomic E-state index is 13.3. The van der Waals surface area contributed by atoms with Crippen molar-refractivity contribution in [3.05, 3.63) is 22.8 Å². The molecule has 2 amide bonds. The number of hydrogen-bond donors (Lipinski definition) is 0. The molecule has 4 aliphatic rings. The van der Waals surface area contributed by atoms with Gasteiger partial charge >= 0.3 is 12.1 Å². The number of anilines is 1. The molecule has 6 atom stereocenters. The summed E-state index contributed by atoms with van der Waals surface area (Å²) in [7, 11) is 1.34. The number of fused-ring (bicyclic) bond motifs is 8. The number of hydrogen-bond acceptors (Lipinski definition) is 8. The lowest BCUT2D eigenvalue weighted by molar-refractivity contribution is -0.142. The van der Waals surface area contributed by atoms with E-state index in [0.29, 0.717) is 18.7 Å². The summed E-state index contributed by atoms with van der Waals surface area (Å²) < 4.78 is 43.9. The number of esters is 1. The van der Waals surface area contributed by atoms with E-state index in [1.54, 1.807) is 6.92 Å². The number of imide groups is 1. The van der Waals surface area contributed by atoms with Crippen molar-refractivity contribution < 1.29 is 37.1 Å². The van der Waals surface area contributed by atoms with Gasteiger partial charge in [0.1, 0.15) is 6.10 Å². The molecule has 9 nitrogen and oxygen atoms in total. The van der Waals surface area contributed by atoms with Gasteiger partial charge in [-0.25, -0.2) is 9.78 Å². The third-order valence-electron chi connectivity index (χ3n) is 6.91. The van der Waals surface area contributed by atoms with E-state index in [4.69, 9.17) is 21.2 Å². The number of aromatic nitrogens is 1. The van der Waals surface area contributed by atoms with Crippen molar-refractivity contribution in [1.29, 1.82) is 0 Å².